The van der Waals surface area contributed by atoms with Gasteiger partial charge in [0.2, 0.25) is 11.8 Å². The highest BCUT2D eigenvalue weighted by Crippen LogP contribution is 2.29. The first-order valence-corrected chi connectivity index (χ1v) is 15.0. The number of halogens is 2. The lowest BCUT2D eigenvalue weighted by Gasteiger charge is -2.38. The van der Waals surface area contributed by atoms with Crippen LogP contribution in [0, 0.1) is 5.82 Å². The number of likely N-dealkylation sites (tertiary alicyclic amines) is 1. The van der Waals surface area contributed by atoms with E-state index in [9.17, 15) is 28.4 Å². The minimum Gasteiger partial charge on any atom is -0.497 e. The Labute approximate surface area is 263 Å². The molecule has 3 heterocycles. The molecule has 12 nitrogen and oxygen atoms in total. The molecule has 238 valence electrons. The molecule has 0 aliphatic carbocycles. The number of anilines is 1. The van der Waals surface area contributed by atoms with E-state index in [0.717, 1.165) is 32.2 Å². The van der Waals surface area contributed by atoms with Gasteiger partial charge in [-0.1, -0.05) is 23.7 Å². The predicted octanol–water partition coefficient (Wildman–Crippen LogP) is 2.70. The monoisotopic (exact) mass is 640 g/mol. The fourth-order valence-corrected chi connectivity index (χ4v) is 6.01. The highest BCUT2D eigenvalue weighted by molar-refractivity contribution is 6.33. The molecule has 2 N–H and O–H groups in total. The van der Waals surface area contributed by atoms with Crippen molar-refractivity contribution in [3.05, 3.63) is 79.8 Å². The van der Waals surface area contributed by atoms with Crippen LogP contribution in [0.5, 0.6) is 5.75 Å². The maximum atomic E-state index is 14.3. The van der Waals surface area contributed by atoms with Gasteiger partial charge in [0.15, 0.2) is 0 Å². The first-order chi connectivity index (χ1) is 21.6. The molecule has 1 aromatic heterocycles. The summed E-state index contributed by atoms with van der Waals surface area (Å²) in [6, 6.07) is 9.27. The summed E-state index contributed by atoms with van der Waals surface area (Å²) in [7, 11) is 1.60. The summed E-state index contributed by atoms with van der Waals surface area (Å²) in [5, 5.41) is 5.23. The Morgan fingerprint density at radius 1 is 1.09 bits per heavy atom. The van der Waals surface area contributed by atoms with Crippen LogP contribution >= 0.6 is 11.6 Å². The van der Waals surface area contributed by atoms with Crippen molar-refractivity contribution in [3.63, 3.8) is 0 Å². The van der Waals surface area contributed by atoms with Crippen LogP contribution in [-0.4, -0.2) is 76.1 Å². The second kappa shape index (κ2) is 13.6. The molecule has 0 radical (unpaired) electrons. The third kappa shape index (κ3) is 6.88. The molecule has 2 aliphatic rings. The zero-order chi connectivity index (χ0) is 32.2. The fraction of sp³-hybridized carbons (Fsp3) is 0.387. The Hall–Kier alpha value is -4.65. The molecule has 4 amide bonds. The van der Waals surface area contributed by atoms with E-state index in [4.69, 9.17) is 16.3 Å². The summed E-state index contributed by atoms with van der Waals surface area (Å²) in [6.45, 7) is 2.03. The number of aromatic nitrogens is 2. The third-order valence-corrected chi connectivity index (χ3v) is 8.57. The zero-order valence-electron chi connectivity index (χ0n) is 25.0. The summed E-state index contributed by atoms with van der Waals surface area (Å²) in [5.74, 6) is -0.708. The van der Waals surface area contributed by atoms with E-state index in [1.165, 1.54) is 25.3 Å². The molecule has 1 saturated heterocycles. The van der Waals surface area contributed by atoms with Gasteiger partial charge in [-0.2, -0.15) is 0 Å². The van der Waals surface area contributed by atoms with Crippen LogP contribution in [0.25, 0.3) is 11.1 Å². The maximum absolute atomic E-state index is 14.3. The number of piperidine rings is 1. The van der Waals surface area contributed by atoms with Crippen molar-refractivity contribution in [2.24, 2.45) is 0 Å². The summed E-state index contributed by atoms with van der Waals surface area (Å²) in [6.07, 6.45) is 2.98. The number of amides is 4. The third-order valence-electron chi connectivity index (χ3n) is 8.19. The molecule has 0 atom stereocenters. The van der Waals surface area contributed by atoms with Gasteiger partial charge in [-0.25, -0.2) is 14.0 Å². The number of urea groups is 1. The van der Waals surface area contributed by atoms with Crippen LogP contribution in [0.1, 0.15) is 25.3 Å². The number of hydrogen-bond acceptors (Lipinski definition) is 6. The minimum atomic E-state index is -0.748. The molecule has 1 fully saturated rings. The van der Waals surface area contributed by atoms with Gasteiger partial charge in [-0.3, -0.25) is 23.5 Å². The molecule has 14 heteroatoms. The maximum Gasteiger partial charge on any atom is 0.331 e. The number of rotatable bonds is 8. The SMILES string of the molecule is COc1ccc2c(c1)CCN(C1CCN(C(=O)Cn3cc(-c4cccc(F)c4Cl)c(=O)n(CCNC(C)=O)c3=O)CC1)C(=O)N2. The molecule has 0 bridgehead atoms. The number of ether oxygens (including phenoxy) is 1. The first kappa shape index (κ1) is 31.8. The van der Waals surface area contributed by atoms with Crippen LogP contribution in [0.4, 0.5) is 14.9 Å². The zero-order valence-corrected chi connectivity index (χ0v) is 25.7. The largest absolute Gasteiger partial charge is 0.497 e. The topological polar surface area (TPSA) is 135 Å². The van der Waals surface area contributed by atoms with Crippen LogP contribution < -0.4 is 26.6 Å². The van der Waals surface area contributed by atoms with Gasteiger partial charge in [0.1, 0.15) is 18.1 Å². The van der Waals surface area contributed by atoms with Crippen LogP contribution in [0.2, 0.25) is 5.02 Å². The standard InChI is InChI=1S/C31H34ClFN6O6/c1-19(40)34-11-15-39-29(42)24(23-4-3-5-25(33)28(23)32)17-37(31(39)44)18-27(41)36-12-9-21(10-13-36)38-14-8-20-16-22(45-2)6-7-26(20)35-30(38)43/h3-7,16-17,21H,8-15,18H2,1-2H3,(H,34,40)(H,35,43). The lowest BCUT2D eigenvalue weighted by atomic mass is 10.0. The van der Waals surface area contributed by atoms with Gasteiger partial charge in [0.05, 0.1) is 17.7 Å². The van der Waals surface area contributed by atoms with E-state index in [1.54, 1.807) is 23.0 Å². The van der Waals surface area contributed by atoms with Crippen molar-refractivity contribution in [1.82, 2.24) is 24.3 Å². The van der Waals surface area contributed by atoms with Crippen molar-refractivity contribution >= 4 is 35.1 Å². The lowest BCUT2D eigenvalue weighted by Crippen LogP contribution is -2.51. The van der Waals surface area contributed by atoms with E-state index in [1.807, 2.05) is 12.1 Å². The number of fused-ring (bicyclic) bond motifs is 1. The van der Waals surface area contributed by atoms with Gasteiger partial charge in [-0.05, 0) is 49.1 Å². The van der Waals surface area contributed by atoms with Crippen molar-refractivity contribution in [3.8, 4) is 16.9 Å². The van der Waals surface area contributed by atoms with Gasteiger partial charge in [-0.15, -0.1) is 0 Å². The number of carbonyl (C=O) groups is 3. The number of nitrogens with one attached hydrogen (secondary N) is 2. The number of nitrogens with zero attached hydrogens (tertiary/aromatic N) is 4. The van der Waals surface area contributed by atoms with E-state index in [-0.39, 0.29) is 59.7 Å². The number of methoxy groups -OCH3 is 1. The van der Waals surface area contributed by atoms with Gasteiger partial charge in [0.25, 0.3) is 5.56 Å². The normalized spacial score (nSPS) is 15.2. The molecular weight excluding hydrogens is 607 g/mol. The highest BCUT2D eigenvalue weighted by atomic mass is 35.5. The smallest absolute Gasteiger partial charge is 0.331 e. The summed E-state index contributed by atoms with van der Waals surface area (Å²) in [5.41, 5.74) is 0.285. The van der Waals surface area contributed by atoms with Gasteiger partial charge < -0.3 is 25.2 Å². The molecule has 0 unspecified atom stereocenters. The van der Waals surface area contributed by atoms with Crippen molar-refractivity contribution in [2.75, 3.05) is 38.6 Å². The number of hydrogen-bond donors (Lipinski definition) is 2. The molecular formula is C31H34ClFN6O6. The summed E-state index contributed by atoms with van der Waals surface area (Å²) < 4.78 is 21.6. The number of carbonyl (C=O) groups excluding carboxylic acids is 3. The average molecular weight is 641 g/mol. The predicted molar refractivity (Wildman–Crippen MR) is 166 cm³/mol. The van der Waals surface area contributed by atoms with Gasteiger partial charge >= 0.3 is 11.7 Å². The Balaban J connectivity index is 1.31. The molecule has 0 saturated carbocycles. The van der Waals surface area contributed by atoms with E-state index in [0.29, 0.717) is 38.9 Å². The second-order valence-corrected chi connectivity index (χ2v) is 11.4. The highest BCUT2D eigenvalue weighted by Gasteiger charge is 2.32. The average Bonchev–Trinajstić information content (AvgIpc) is 3.19. The van der Waals surface area contributed by atoms with Gasteiger partial charge in [0, 0.05) is 63.1 Å². The minimum absolute atomic E-state index is 0.00498. The molecule has 5 rings (SSSR count). The Morgan fingerprint density at radius 3 is 2.56 bits per heavy atom. The molecule has 3 aromatic rings. The number of benzene rings is 2. The quantitative estimate of drug-likeness (QED) is 0.389. The Morgan fingerprint density at radius 2 is 1.84 bits per heavy atom. The van der Waals surface area contributed by atoms with Crippen molar-refractivity contribution in [2.45, 2.75) is 45.3 Å². The second-order valence-electron chi connectivity index (χ2n) is 11.0. The lowest BCUT2D eigenvalue weighted by molar-refractivity contribution is -0.133. The van der Waals surface area contributed by atoms with E-state index < -0.39 is 17.1 Å². The van der Waals surface area contributed by atoms with Crippen molar-refractivity contribution < 1.29 is 23.5 Å². The van der Waals surface area contributed by atoms with Crippen LogP contribution in [-0.2, 0) is 29.1 Å². The first-order valence-electron chi connectivity index (χ1n) is 14.6. The molecule has 0 spiro atoms. The summed E-state index contributed by atoms with van der Waals surface area (Å²) >= 11 is 6.17. The van der Waals surface area contributed by atoms with Crippen molar-refractivity contribution in [1.29, 1.82) is 0 Å². The summed E-state index contributed by atoms with van der Waals surface area (Å²) in [4.78, 5) is 68.0. The Kier molecular flexibility index (Phi) is 9.57. The Bertz CT molecular complexity index is 1750. The van der Waals surface area contributed by atoms with E-state index >= 15 is 0 Å². The molecule has 45 heavy (non-hydrogen) atoms. The molecule has 2 aliphatic heterocycles. The van der Waals surface area contributed by atoms with Crippen LogP contribution in [0.3, 0.4) is 0 Å². The van der Waals surface area contributed by atoms with E-state index in [2.05, 4.69) is 10.6 Å². The fourth-order valence-electron chi connectivity index (χ4n) is 5.78. The van der Waals surface area contributed by atoms with Crippen LogP contribution in [0.15, 0.2) is 52.2 Å². The molecule has 2 aromatic carbocycles.